The number of nitrogens with zero attached hydrogens (tertiary/aromatic N) is 3. The lowest BCUT2D eigenvalue weighted by atomic mass is 10.0. The molecule has 2 aromatic carbocycles. The van der Waals surface area contributed by atoms with Crippen LogP contribution < -0.4 is 0 Å². The Morgan fingerprint density at radius 1 is 1.14 bits per heavy atom. The maximum absolute atomic E-state index is 12.7. The molecule has 0 saturated carbocycles. The van der Waals surface area contributed by atoms with Gasteiger partial charge in [-0.3, -0.25) is 4.79 Å². The van der Waals surface area contributed by atoms with Gasteiger partial charge in [-0.1, -0.05) is 48.5 Å². The molecule has 144 valence electrons. The van der Waals surface area contributed by atoms with Crippen molar-refractivity contribution in [2.75, 3.05) is 6.61 Å². The molecule has 0 saturated heterocycles. The Balaban J connectivity index is 1.90. The molecule has 0 spiro atoms. The van der Waals surface area contributed by atoms with Crippen molar-refractivity contribution in [3.63, 3.8) is 0 Å². The molecule has 0 fully saturated rings. The van der Waals surface area contributed by atoms with Crippen LogP contribution in [0.2, 0.25) is 0 Å². The van der Waals surface area contributed by atoms with E-state index in [0.717, 1.165) is 5.56 Å². The number of ketones is 1. The average Bonchev–Trinajstić information content (AvgIpc) is 3.19. The van der Waals surface area contributed by atoms with Crippen molar-refractivity contribution >= 4 is 17.5 Å². The van der Waals surface area contributed by atoms with Gasteiger partial charge in [-0.2, -0.15) is 10.4 Å². The summed E-state index contributed by atoms with van der Waals surface area (Å²) >= 11 is 0. The number of esters is 1. The van der Waals surface area contributed by atoms with E-state index in [-0.39, 0.29) is 11.4 Å². The molecular formula is C22H18N4O3. The number of ether oxygens (including phenoxy) is 1. The zero-order chi connectivity index (χ0) is 20.8. The Labute approximate surface area is 167 Å². The van der Waals surface area contributed by atoms with Gasteiger partial charge in [0.1, 0.15) is 5.92 Å². The van der Waals surface area contributed by atoms with E-state index in [1.54, 1.807) is 24.3 Å². The van der Waals surface area contributed by atoms with Crippen LogP contribution in [-0.2, 0) is 9.53 Å². The fourth-order valence-electron chi connectivity index (χ4n) is 2.75. The average molecular weight is 386 g/mol. The Hall–Kier alpha value is -4.05. The van der Waals surface area contributed by atoms with Crippen LogP contribution in [-0.4, -0.2) is 33.9 Å². The van der Waals surface area contributed by atoms with Crippen LogP contribution in [0.25, 0.3) is 16.9 Å². The minimum absolute atomic E-state index is 0.0887. The molecule has 1 aromatic heterocycles. The van der Waals surface area contributed by atoms with Gasteiger partial charge in [0.2, 0.25) is 0 Å². The predicted molar refractivity (Wildman–Crippen MR) is 107 cm³/mol. The predicted octanol–water partition coefficient (Wildman–Crippen LogP) is 3.44. The van der Waals surface area contributed by atoms with Gasteiger partial charge in [-0.25, -0.2) is 9.48 Å². The summed E-state index contributed by atoms with van der Waals surface area (Å²) in [5.74, 6) is -2.60. The van der Waals surface area contributed by atoms with Gasteiger partial charge in [0, 0.05) is 11.3 Å². The zero-order valence-corrected chi connectivity index (χ0v) is 15.7. The van der Waals surface area contributed by atoms with Gasteiger partial charge >= 0.3 is 5.97 Å². The molecule has 0 aliphatic heterocycles. The molecule has 1 heterocycles. The van der Waals surface area contributed by atoms with Gasteiger partial charge in [0.15, 0.2) is 18.1 Å². The number of aromatic nitrogens is 2. The standard InChI is InChI=1S/C22H18N4O3/c1-15(24)18(13-23)21(27)14-29-22(28)20-12-19(16-8-4-2-5-9-16)25-26(20)17-10-6-3-7-11-17/h2-12,18,24H,14H2,1H3. The highest BCUT2D eigenvalue weighted by atomic mass is 16.5. The molecule has 0 radical (unpaired) electrons. The van der Waals surface area contributed by atoms with Crippen LogP contribution in [0.15, 0.2) is 66.7 Å². The first-order valence-electron chi connectivity index (χ1n) is 8.86. The van der Waals surface area contributed by atoms with Crippen molar-refractivity contribution in [2.45, 2.75) is 6.92 Å². The highest BCUT2D eigenvalue weighted by molar-refractivity contribution is 6.06. The number of nitriles is 1. The van der Waals surface area contributed by atoms with Crippen molar-refractivity contribution < 1.29 is 14.3 Å². The van der Waals surface area contributed by atoms with E-state index in [9.17, 15) is 9.59 Å². The van der Waals surface area contributed by atoms with Crippen LogP contribution >= 0.6 is 0 Å². The fraction of sp³-hybridized carbons (Fsp3) is 0.136. The summed E-state index contributed by atoms with van der Waals surface area (Å²) < 4.78 is 6.59. The van der Waals surface area contributed by atoms with E-state index in [1.807, 2.05) is 48.5 Å². The second-order valence-corrected chi connectivity index (χ2v) is 6.32. The summed E-state index contributed by atoms with van der Waals surface area (Å²) in [7, 11) is 0. The third-order valence-corrected chi connectivity index (χ3v) is 4.22. The van der Waals surface area contributed by atoms with E-state index >= 15 is 0 Å². The first kappa shape index (κ1) is 19.7. The van der Waals surface area contributed by atoms with E-state index in [0.29, 0.717) is 11.4 Å². The minimum Gasteiger partial charge on any atom is -0.453 e. The Morgan fingerprint density at radius 3 is 2.34 bits per heavy atom. The molecule has 0 aliphatic rings. The van der Waals surface area contributed by atoms with Gasteiger partial charge in [0.25, 0.3) is 0 Å². The van der Waals surface area contributed by atoms with Gasteiger partial charge < -0.3 is 10.1 Å². The topological polar surface area (TPSA) is 109 Å². The first-order chi connectivity index (χ1) is 14.0. The molecule has 0 aliphatic carbocycles. The summed E-state index contributed by atoms with van der Waals surface area (Å²) in [5.41, 5.74) is 2.14. The number of rotatable bonds is 7. The second kappa shape index (κ2) is 8.76. The molecule has 7 nitrogen and oxygen atoms in total. The summed E-state index contributed by atoms with van der Waals surface area (Å²) in [6.07, 6.45) is 0. The van der Waals surface area contributed by atoms with Crippen molar-refractivity contribution in [2.24, 2.45) is 5.92 Å². The third kappa shape index (κ3) is 4.45. The van der Waals surface area contributed by atoms with E-state index in [1.165, 1.54) is 11.6 Å². The van der Waals surface area contributed by atoms with Crippen molar-refractivity contribution in [1.29, 1.82) is 10.7 Å². The third-order valence-electron chi connectivity index (χ3n) is 4.22. The number of hydrogen-bond acceptors (Lipinski definition) is 6. The molecule has 1 unspecified atom stereocenters. The minimum atomic E-state index is -1.22. The SMILES string of the molecule is CC(=N)C(C#N)C(=O)COC(=O)c1cc(-c2ccccc2)nn1-c1ccccc1. The van der Waals surface area contributed by atoms with Crippen LogP contribution in [0.1, 0.15) is 17.4 Å². The number of Topliss-reactive ketones (excluding diaryl/α,β-unsaturated/α-hetero) is 1. The number of benzene rings is 2. The van der Waals surface area contributed by atoms with E-state index < -0.39 is 24.3 Å². The second-order valence-electron chi connectivity index (χ2n) is 6.32. The van der Waals surface area contributed by atoms with E-state index in [4.69, 9.17) is 15.4 Å². The van der Waals surface area contributed by atoms with Crippen LogP contribution in [0.4, 0.5) is 0 Å². The Morgan fingerprint density at radius 2 is 1.76 bits per heavy atom. The molecule has 29 heavy (non-hydrogen) atoms. The van der Waals surface area contributed by atoms with E-state index in [2.05, 4.69) is 5.10 Å². The van der Waals surface area contributed by atoms with Gasteiger partial charge in [-0.15, -0.1) is 0 Å². The lowest BCUT2D eigenvalue weighted by molar-refractivity contribution is -0.122. The number of carbonyl (C=O) groups is 2. The number of nitrogens with one attached hydrogen (secondary N) is 1. The first-order valence-corrected chi connectivity index (χ1v) is 8.86. The molecule has 0 bridgehead atoms. The van der Waals surface area contributed by atoms with Crippen LogP contribution in [0.3, 0.4) is 0 Å². The highest BCUT2D eigenvalue weighted by Crippen LogP contribution is 2.22. The molecule has 7 heteroatoms. The van der Waals surface area contributed by atoms with Crippen molar-refractivity contribution in [1.82, 2.24) is 9.78 Å². The summed E-state index contributed by atoms with van der Waals surface area (Å²) in [6.45, 7) is 0.776. The Kier molecular flexibility index (Phi) is 5.95. The van der Waals surface area contributed by atoms with Crippen LogP contribution in [0.5, 0.6) is 0 Å². The van der Waals surface area contributed by atoms with Gasteiger partial charge in [-0.05, 0) is 25.1 Å². The Bertz CT molecular complexity index is 1080. The molecular weight excluding hydrogens is 368 g/mol. The molecule has 0 amide bonds. The lowest BCUT2D eigenvalue weighted by Crippen LogP contribution is -2.26. The fourth-order valence-corrected chi connectivity index (χ4v) is 2.75. The number of hydrogen-bond donors (Lipinski definition) is 1. The quantitative estimate of drug-likeness (QED) is 0.494. The maximum Gasteiger partial charge on any atom is 0.357 e. The summed E-state index contributed by atoms with van der Waals surface area (Å²) in [5, 5.41) is 21.0. The highest BCUT2D eigenvalue weighted by Gasteiger charge is 2.24. The molecule has 3 aromatic rings. The zero-order valence-electron chi connectivity index (χ0n) is 15.7. The van der Waals surface area contributed by atoms with Gasteiger partial charge in [0.05, 0.1) is 17.5 Å². The molecule has 1 atom stereocenters. The van der Waals surface area contributed by atoms with Crippen molar-refractivity contribution in [3.8, 4) is 23.0 Å². The molecule has 1 N–H and O–H groups in total. The monoisotopic (exact) mass is 386 g/mol. The van der Waals surface area contributed by atoms with Crippen molar-refractivity contribution in [3.05, 3.63) is 72.4 Å². The molecule has 3 rings (SSSR count). The lowest BCUT2D eigenvalue weighted by Gasteiger charge is -2.09. The normalized spacial score (nSPS) is 11.3. The maximum atomic E-state index is 12.7. The van der Waals surface area contributed by atoms with Crippen LogP contribution in [0, 0.1) is 22.7 Å². The largest absolute Gasteiger partial charge is 0.453 e. The summed E-state index contributed by atoms with van der Waals surface area (Å²) in [4.78, 5) is 24.8. The smallest absolute Gasteiger partial charge is 0.357 e. The number of carbonyl (C=O) groups excluding carboxylic acids is 2. The summed E-state index contributed by atoms with van der Waals surface area (Å²) in [6, 6.07) is 21.8. The number of para-hydroxylation sites is 1.